The average Bonchev–Trinajstić information content (AvgIpc) is 3.67. The summed E-state index contributed by atoms with van der Waals surface area (Å²) in [5.74, 6) is 1.01. The molecule has 1 aliphatic rings. The Balaban J connectivity index is 1.31. The van der Waals surface area contributed by atoms with Gasteiger partial charge in [-0.15, -0.1) is 0 Å². The highest BCUT2D eigenvalue weighted by atomic mass is 16.5. The number of hydrogen-bond donors (Lipinski definition) is 1. The van der Waals surface area contributed by atoms with Gasteiger partial charge in [-0.1, -0.05) is 60.7 Å². The Bertz CT molecular complexity index is 1410. The van der Waals surface area contributed by atoms with Crippen LogP contribution in [0.1, 0.15) is 42.9 Å². The maximum absolute atomic E-state index is 13.8. The number of benzene rings is 3. The SMILES string of the molecule is COc1ccc(CN(CCc2c[nH]c3ccccc23)C(=O)CN(C(=O)C2CC2c2ccccc2)C(C)C)cc1. The van der Waals surface area contributed by atoms with E-state index in [9.17, 15) is 9.59 Å². The lowest BCUT2D eigenvalue weighted by Crippen LogP contribution is -2.46. The number of H-pyrrole nitrogens is 1. The number of aromatic amines is 1. The zero-order valence-electron chi connectivity index (χ0n) is 23.0. The molecule has 1 aromatic heterocycles. The van der Waals surface area contributed by atoms with Crippen LogP contribution in [0.2, 0.25) is 0 Å². The molecular weight excluding hydrogens is 486 g/mol. The molecule has 1 N–H and O–H groups in total. The van der Waals surface area contributed by atoms with E-state index in [2.05, 4.69) is 29.2 Å². The molecule has 3 aromatic carbocycles. The van der Waals surface area contributed by atoms with Gasteiger partial charge >= 0.3 is 0 Å². The Hall–Kier alpha value is -4.06. The molecule has 1 saturated carbocycles. The molecule has 4 aromatic rings. The summed E-state index contributed by atoms with van der Waals surface area (Å²) in [6, 6.07) is 26.2. The molecule has 39 heavy (non-hydrogen) atoms. The van der Waals surface area contributed by atoms with Gasteiger partial charge in [0.25, 0.3) is 0 Å². The van der Waals surface area contributed by atoms with Crippen molar-refractivity contribution < 1.29 is 14.3 Å². The predicted octanol–water partition coefficient (Wildman–Crippen LogP) is 5.79. The number of methoxy groups -OCH3 is 1. The van der Waals surface area contributed by atoms with E-state index in [0.29, 0.717) is 13.1 Å². The van der Waals surface area contributed by atoms with Crippen LogP contribution in [0.15, 0.2) is 85.1 Å². The number of para-hydroxylation sites is 1. The highest BCUT2D eigenvalue weighted by molar-refractivity contribution is 5.88. The number of carbonyl (C=O) groups excluding carboxylic acids is 2. The van der Waals surface area contributed by atoms with E-state index in [1.807, 2.05) is 79.5 Å². The number of nitrogens with zero attached hydrogens (tertiary/aromatic N) is 2. The van der Waals surface area contributed by atoms with Gasteiger partial charge < -0.3 is 19.5 Å². The van der Waals surface area contributed by atoms with E-state index in [1.165, 1.54) is 16.5 Å². The molecule has 6 nitrogen and oxygen atoms in total. The normalized spacial score (nSPS) is 16.3. The monoisotopic (exact) mass is 523 g/mol. The summed E-state index contributed by atoms with van der Waals surface area (Å²) >= 11 is 0. The van der Waals surface area contributed by atoms with Crippen molar-refractivity contribution in [2.24, 2.45) is 5.92 Å². The lowest BCUT2D eigenvalue weighted by Gasteiger charge is -2.30. The third-order valence-electron chi connectivity index (χ3n) is 7.76. The number of ether oxygens (including phenoxy) is 1. The maximum Gasteiger partial charge on any atom is 0.242 e. The second-order valence-electron chi connectivity index (χ2n) is 10.7. The van der Waals surface area contributed by atoms with Crippen molar-refractivity contribution >= 4 is 22.7 Å². The zero-order valence-corrected chi connectivity index (χ0v) is 23.0. The van der Waals surface area contributed by atoms with E-state index in [4.69, 9.17) is 4.74 Å². The van der Waals surface area contributed by atoms with Crippen molar-refractivity contribution in [3.8, 4) is 5.75 Å². The highest BCUT2D eigenvalue weighted by Crippen LogP contribution is 2.48. The van der Waals surface area contributed by atoms with Gasteiger partial charge in [-0.2, -0.15) is 0 Å². The predicted molar refractivity (Wildman–Crippen MR) is 155 cm³/mol. The largest absolute Gasteiger partial charge is 0.497 e. The Labute approximate surface area is 230 Å². The maximum atomic E-state index is 13.8. The van der Waals surface area contributed by atoms with Crippen molar-refractivity contribution in [3.05, 3.63) is 102 Å². The van der Waals surface area contributed by atoms with E-state index in [-0.39, 0.29) is 36.2 Å². The van der Waals surface area contributed by atoms with Gasteiger partial charge in [0.1, 0.15) is 5.75 Å². The number of rotatable bonds is 11. The van der Waals surface area contributed by atoms with E-state index >= 15 is 0 Å². The number of aromatic nitrogens is 1. The topological polar surface area (TPSA) is 65.6 Å². The number of carbonyl (C=O) groups is 2. The Morgan fingerprint density at radius 3 is 2.41 bits per heavy atom. The van der Waals surface area contributed by atoms with Crippen LogP contribution in [0.5, 0.6) is 5.75 Å². The van der Waals surface area contributed by atoms with E-state index in [1.54, 1.807) is 12.0 Å². The fourth-order valence-corrected chi connectivity index (χ4v) is 5.35. The second kappa shape index (κ2) is 11.8. The Kier molecular flexibility index (Phi) is 8.01. The molecule has 2 unspecified atom stereocenters. The molecule has 0 radical (unpaired) electrons. The van der Waals surface area contributed by atoms with Crippen LogP contribution in [-0.2, 0) is 22.6 Å². The third-order valence-corrected chi connectivity index (χ3v) is 7.76. The van der Waals surface area contributed by atoms with Crippen molar-refractivity contribution in [3.63, 3.8) is 0 Å². The minimum atomic E-state index is -0.0603. The molecule has 1 aliphatic carbocycles. The molecule has 2 atom stereocenters. The Morgan fingerprint density at radius 2 is 1.69 bits per heavy atom. The molecule has 0 aliphatic heterocycles. The summed E-state index contributed by atoms with van der Waals surface area (Å²) in [5, 5.41) is 1.18. The van der Waals surface area contributed by atoms with Gasteiger partial charge in [0.15, 0.2) is 0 Å². The van der Waals surface area contributed by atoms with Crippen molar-refractivity contribution in [1.29, 1.82) is 0 Å². The lowest BCUT2D eigenvalue weighted by molar-refractivity contribution is -0.143. The third kappa shape index (κ3) is 6.17. The molecule has 5 rings (SSSR count). The summed E-state index contributed by atoms with van der Waals surface area (Å²) in [6.07, 6.45) is 3.60. The summed E-state index contributed by atoms with van der Waals surface area (Å²) in [4.78, 5) is 34.3. The first-order valence-electron chi connectivity index (χ1n) is 13.8. The van der Waals surface area contributed by atoms with Crippen LogP contribution in [0.25, 0.3) is 10.9 Å². The van der Waals surface area contributed by atoms with Gasteiger partial charge in [-0.3, -0.25) is 9.59 Å². The fourth-order valence-electron chi connectivity index (χ4n) is 5.35. The average molecular weight is 524 g/mol. The summed E-state index contributed by atoms with van der Waals surface area (Å²) < 4.78 is 5.30. The molecule has 2 amide bonds. The van der Waals surface area contributed by atoms with Crippen LogP contribution >= 0.6 is 0 Å². The molecule has 0 saturated heterocycles. The first-order chi connectivity index (χ1) is 18.9. The minimum absolute atomic E-state index is 0.0374. The van der Waals surface area contributed by atoms with E-state index in [0.717, 1.165) is 29.7 Å². The first kappa shape index (κ1) is 26.5. The smallest absolute Gasteiger partial charge is 0.242 e. The van der Waals surface area contributed by atoms with Gasteiger partial charge in [0.2, 0.25) is 11.8 Å². The number of nitrogens with one attached hydrogen (secondary N) is 1. The summed E-state index contributed by atoms with van der Waals surface area (Å²) in [5.41, 5.74) is 4.50. The van der Waals surface area contributed by atoms with E-state index < -0.39 is 0 Å². The molecular formula is C33H37N3O3. The van der Waals surface area contributed by atoms with Gasteiger partial charge in [0.05, 0.1) is 13.7 Å². The molecule has 0 spiro atoms. The first-order valence-corrected chi connectivity index (χ1v) is 13.8. The van der Waals surface area contributed by atoms with Crippen molar-refractivity contribution in [2.75, 3.05) is 20.2 Å². The molecule has 0 bridgehead atoms. The van der Waals surface area contributed by atoms with Gasteiger partial charge in [-0.25, -0.2) is 0 Å². The number of fused-ring (bicyclic) bond motifs is 1. The number of hydrogen-bond acceptors (Lipinski definition) is 3. The fraction of sp³-hybridized carbons (Fsp3) is 0.333. The van der Waals surface area contributed by atoms with Gasteiger partial charge in [0, 0.05) is 42.1 Å². The second-order valence-corrected chi connectivity index (χ2v) is 10.7. The molecule has 202 valence electrons. The number of amides is 2. The van der Waals surface area contributed by atoms with Crippen LogP contribution < -0.4 is 4.74 Å². The highest BCUT2D eigenvalue weighted by Gasteiger charge is 2.46. The zero-order chi connectivity index (χ0) is 27.4. The van der Waals surface area contributed by atoms with Crippen LogP contribution in [0.3, 0.4) is 0 Å². The van der Waals surface area contributed by atoms with Crippen molar-refractivity contribution in [1.82, 2.24) is 14.8 Å². The quantitative estimate of drug-likeness (QED) is 0.271. The summed E-state index contributed by atoms with van der Waals surface area (Å²) in [6.45, 7) is 5.10. The van der Waals surface area contributed by atoms with Crippen LogP contribution in [-0.4, -0.2) is 52.8 Å². The van der Waals surface area contributed by atoms with Crippen molar-refractivity contribution in [2.45, 2.75) is 45.2 Å². The molecule has 1 heterocycles. The van der Waals surface area contributed by atoms with Gasteiger partial charge in [-0.05, 0) is 67.5 Å². The lowest BCUT2D eigenvalue weighted by atomic mass is 10.1. The molecule has 1 fully saturated rings. The minimum Gasteiger partial charge on any atom is -0.497 e. The Morgan fingerprint density at radius 1 is 0.974 bits per heavy atom. The standard InChI is InChI=1S/C33H37N3O3/c1-23(2)36(33(38)30-19-29(30)25-9-5-4-6-10-25)22-32(37)35(21-24-13-15-27(39-3)16-14-24)18-17-26-20-34-31-12-8-7-11-28(26)31/h4-16,20,23,29-30,34H,17-19,21-22H2,1-3H3. The summed E-state index contributed by atoms with van der Waals surface area (Å²) in [7, 11) is 1.64. The van der Waals surface area contributed by atoms with Crippen LogP contribution in [0.4, 0.5) is 0 Å². The molecule has 6 heteroatoms. The van der Waals surface area contributed by atoms with Crippen LogP contribution in [0, 0.1) is 5.92 Å².